The molecule has 0 saturated carbocycles. The summed E-state index contributed by atoms with van der Waals surface area (Å²) in [5.74, 6) is -1.17. The van der Waals surface area contributed by atoms with E-state index in [0.717, 1.165) is 11.6 Å². The fourth-order valence-corrected chi connectivity index (χ4v) is 4.77. The number of para-hydroxylation sites is 1. The molecule has 2 amide bonds. The second-order valence-corrected chi connectivity index (χ2v) is 9.52. The Bertz CT molecular complexity index is 1180. The maximum Gasteiger partial charge on any atom is 0.418 e. The number of hydrogen-bond acceptors (Lipinski definition) is 6. The zero-order valence-electron chi connectivity index (χ0n) is 19.3. The molecule has 0 aromatic heterocycles. The second-order valence-electron chi connectivity index (χ2n) is 7.85. The Balaban J connectivity index is 1.45. The SMILES string of the molecule is COC(=O)c1ccc(/C=C2\SC(=S)N(CCCCCC(=O)Nc3ccccc3C(F)(F)F)C2=O)cc1. The highest BCUT2D eigenvalue weighted by atomic mass is 32.2. The van der Waals surface area contributed by atoms with Gasteiger partial charge >= 0.3 is 12.1 Å². The van der Waals surface area contributed by atoms with Gasteiger partial charge in [0.25, 0.3) is 5.91 Å². The van der Waals surface area contributed by atoms with Gasteiger partial charge in [-0.1, -0.05) is 54.7 Å². The van der Waals surface area contributed by atoms with Gasteiger partial charge in [-0.15, -0.1) is 0 Å². The van der Waals surface area contributed by atoms with E-state index in [1.165, 1.54) is 42.0 Å². The Morgan fingerprint density at radius 2 is 1.78 bits per heavy atom. The third-order valence-electron chi connectivity index (χ3n) is 5.30. The number of ether oxygens (including phenoxy) is 1. The normalized spacial score (nSPS) is 14.9. The number of benzene rings is 2. The maximum atomic E-state index is 13.1. The molecule has 0 aliphatic carbocycles. The molecule has 2 aromatic carbocycles. The summed E-state index contributed by atoms with van der Waals surface area (Å²) in [6.45, 7) is 0.377. The van der Waals surface area contributed by atoms with Crippen LogP contribution in [0.4, 0.5) is 18.9 Å². The van der Waals surface area contributed by atoms with Crippen LogP contribution >= 0.6 is 24.0 Å². The van der Waals surface area contributed by atoms with Crippen molar-refractivity contribution in [3.63, 3.8) is 0 Å². The van der Waals surface area contributed by atoms with E-state index in [0.29, 0.717) is 40.6 Å². The van der Waals surface area contributed by atoms with Crippen molar-refractivity contribution in [2.45, 2.75) is 31.9 Å². The van der Waals surface area contributed by atoms with E-state index >= 15 is 0 Å². The Labute approximate surface area is 215 Å². The number of thioether (sulfide) groups is 1. The van der Waals surface area contributed by atoms with E-state index < -0.39 is 23.6 Å². The molecule has 0 atom stereocenters. The molecule has 11 heteroatoms. The van der Waals surface area contributed by atoms with Gasteiger partial charge < -0.3 is 10.1 Å². The van der Waals surface area contributed by atoms with Crippen molar-refractivity contribution < 1.29 is 32.3 Å². The van der Waals surface area contributed by atoms with E-state index in [1.54, 1.807) is 30.3 Å². The van der Waals surface area contributed by atoms with Crippen molar-refractivity contribution >= 4 is 57.8 Å². The van der Waals surface area contributed by atoms with Crippen LogP contribution in [0.15, 0.2) is 53.4 Å². The number of alkyl halides is 3. The van der Waals surface area contributed by atoms with Crippen LogP contribution in [-0.2, 0) is 20.5 Å². The van der Waals surface area contributed by atoms with Gasteiger partial charge in [0.1, 0.15) is 4.32 Å². The lowest BCUT2D eigenvalue weighted by Crippen LogP contribution is -2.29. The summed E-state index contributed by atoms with van der Waals surface area (Å²) in [5, 5.41) is 2.32. The minimum Gasteiger partial charge on any atom is -0.465 e. The van der Waals surface area contributed by atoms with Crippen LogP contribution < -0.4 is 5.32 Å². The summed E-state index contributed by atoms with van der Waals surface area (Å²) >= 11 is 6.51. The first kappa shape index (κ1) is 27.4. The van der Waals surface area contributed by atoms with Crippen LogP contribution in [0.1, 0.15) is 47.2 Å². The van der Waals surface area contributed by atoms with E-state index in [1.807, 2.05) is 0 Å². The first-order valence-corrected chi connectivity index (χ1v) is 12.2. The van der Waals surface area contributed by atoms with Crippen LogP contribution in [0.2, 0.25) is 0 Å². The van der Waals surface area contributed by atoms with Crippen molar-refractivity contribution in [2.75, 3.05) is 19.0 Å². The molecule has 0 spiro atoms. The summed E-state index contributed by atoms with van der Waals surface area (Å²) in [6, 6.07) is 11.5. The van der Waals surface area contributed by atoms with E-state index in [-0.39, 0.29) is 18.0 Å². The number of rotatable bonds is 9. The third kappa shape index (κ3) is 7.17. The number of amides is 2. The van der Waals surface area contributed by atoms with Crippen LogP contribution in [0.5, 0.6) is 0 Å². The molecule has 0 radical (unpaired) electrons. The average Bonchev–Trinajstić information content (AvgIpc) is 3.10. The van der Waals surface area contributed by atoms with Gasteiger partial charge in [-0.2, -0.15) is 13.2 Å². The van der Waals surface area contributed by atoms with Crippen molar-refractivity contribution in [3.8, 4) is 0 Å². The molecular weight excluding hydrogens is 513 g/mol. The van der Waals surface area contributed by atoms with Crippen LogP contribution in [0.25, 0.3) is 6.08 Å². The van der Waals surface area contributed by atoms with Gasteiger partial charge in [0, 0.05) is 13.0 Å². The predicted molar refractivity (Wildman–Crippen MR) is 136 cm³/mol. The molecule has 190 valence electrons. The zero-order valence-corrected chi connectivity index (χ0v) is 20.9. The Kier molecular flexibility index (Phi) is 9.27. The summed E-state index contributed by atoms with van der Waals surface area (Å²) in [4.78, 5) is 38.4. The molecular formula is C25H23F3N2O4S2. The van der Waals surface area contributed by atoms with Gasteiger partial charge in [0.2, 0.25) is 5.91 Å². The minimum absolute atomic E-state index is 0.0616. The Morgan fingerprint density at radius 3 is 2.44 bits per heavy atom. The van der Waals surface area contributed by atoms with Gasteiger partial charge in [-0.05, 0) is 48.7 Å². The number of anilines is 1. The minimum atomic E-state index is -4.55. The monoisotopic (exact) mass is 536 g/mol. The Hall–Kier alpha value is -3.18. The lowest BCUT2D eigenvalue weighted by atomic mass is 10.1. The predicted octanol–water partition coefficient (Wildman–Crippen LogP) is 5.89. The number of methoxy groups -OCH3 is 1. The molecule has 1 fully saturated rings. The number of carbonyl (C=O) groups excluding carboxylic acids is 3. The molecule has 0 bridgehead atoms. The van der Waals surface area contributed by atoms with Crippen LogP contribution in [-0.4, -0.2) is 40.7 Å². The molecule has 3 rings (SSSR count). The topological polar surface area (TPSA) is 75.7 Å². The zero-order chi connectivity index (χ0) is 26.3. The number of carbonyl (C=O) groups is 3. The molecule has 1 aliphatic rings. The second kappa shape index (κ2) is 12.2. The Morgan fingerprint density at radius 1 is 1.08 bits per heavy atom. The fraction of sp³-hybridized carbons (Fsp3) is 0.280. The number of nitrogens with one attached hydrogen (secondary N) is 1. The van der Waals surface area contributed by atoms with Crippen molar-refractivity contribution in [2.24, 2.45) is 0 Å². The van der Waals surface area contributed by atoms with Crippen LogP contribution in [0, 0.1) is 0 Å². The molecule has 1 N–H and O–H groups in total. The number of unbranched alkanes of at least 4 members (excludes halogenated alkanes) is 2. The summed E-state index contributed by atoms with van der Waals surface area (Å²) in [5.41, 5.74) is -0.0128. The van der Waals surface area contributed by atoms with Gasteiger partial charge in [-0.3, -0.25) is 14.5 Å². The van der Waals surface area contributed by atoms with E-state index in [4.69, 9.17) is 12.2 Å². The first-order valence-electron chi connectivity index (χ1n) is 11.0. The lowest BCUT2D eigenvalue weighted by molar-refractivity contribution is -0.137. The highest BCUT2D eigenvalue weighted by molar-refractivity contribution is 8.26. The fourth-order valence-electron chi connectivity index (χ4n) is 3.46. The number of esters is 1. The molecule has 2 aromatic rings. The lowest BCUT2D eigenvalue weighted by Gasteiger charge is -2.14. The molecule has 6 nitrogen and oxygen atoms in total. The summed E-state index contributed by atoms with van der Waals surface area (Å²) in [6.07, 6.45) is -1.16. The number of hydrogen-bond donors (Lipinski definition) is 1. The maximum absolute atomic E-state index is 13.1. The molecule has 1 aliphatic heterocycles. The van der Waals surface area contributed by atoms with Gasteiger partial charge in [0.15, 0.2) is 0 Å². The summed E-state index contributed by atoms with van der Waals surface area (Å²) < 4.78 is 44.3. The largest absolute Gasteiger partial charge is 0.465 e. The van der Waals surface area contributed by atoms with E-state index in [2.05, 4.69) is 10.1 Å². The average molecular weight is 537 g/mol. The summed E-state index contributed by atoms with van der Waals surface area (Å²) in [7, 11) is 1.30. The third-order valence-corrected chi connectivity index (χ3v) is 6.67. The highest BCUT2D eigenvalue weighted by Crippen LogP contribution is 2.35. The van der Waals surface area contributed by atoms with E-state index in [9.17, 15) is 27.6 Å². The number of thiocarbonyl (C=S) groups is 1. The van der Waals surface area contributed by atoms with Crippen molar-refractivity contribution in [1.29, 1.82) is 0 Å². The highest BCUT2D eigenvalue weighted by Gasteiger charge is 2.33. The number of nitrogens with zero attached hydrogens (tertiary/aromatic N) is 1. The molecule has 1 saturated heterocycles. The smallest absolute Gasteiger partial charge is 0.418 e. The molecule has 0 unspecified atom stereocenters. The quantitative estimate of drug-likeness (QED) is 0.186. The van der Waals surface area contributed by atoms with Crippen molar-refractivity contribution in [1.82, 2.24) is 4.90 Å². The molecule has 1 heterocycles. The number of halogens is 3. The standard InChI is InChI=1S/C25H23F3N2O4S2/c1-34-23(33)17-12-10-16(11-13-17)15-20-22(32)30(24(35)36-20)14-6-2-3-9-21(31)29-19-8-5-4-7-18(19)25(26,27)28/h4-5,7-8,10-13,15H,2-3,6,9,14H2,1H3,(H,29,31)/b20-15-. The van der Waals surface area contributed by atoms with Gasteiger partial charge in [-0.25, -0.2) is 4.79 Å². The van der Waals surface area contributed by atoms with Crippen LogP contribution in [0.3, 0.4) is 0 Å². The molecule has 36 heavy (non-hydrogen) atoms. The first-order chi connectivity index (χ1) is 17.1. The van der Waals surface area contributed by atoms with Crippen molar-refractivity contribution in [3.05, 3.63) is 70.1 Å². The van der Waals surface area contributed by atoms with Gasteiger partial charge in [0.05, 0.1) is 28.8 Å².